The number of carbonyl (C=O) groups is 2. The molecule has 0 saturated heterocycles. The van der Waals surface area contributed by atoms with Gasteiger partial charge in [-0.25, -0.2) is 4.79 Å². The molecule has 0 aromatic heterocycles. The van der Waals surface area contributed by atoms with E-state index in [1.807, 2.05) is 54.6 Å². The predicted octanol–water partition coefficient (Wildman–Crippen LogP) is 4.77. The van der Waals surface area contributed by atoms with E-state index in [0.717, 1.165) is 15.6 Å². The number of hydrogen-bond donors (Lipinski definition) is 3. The maximum absolute atomic E-state index is 12.5. The zero-order chi connectivity index (χ0) is 21.3. The minimum Gasteiger partial charge on any atom is -0.489 e. The summed E-state index contributed by atoms with van der Waals surface area (Å²) in [5, 5.41) is 5.45. The number of halogens is 1. The molecule has 0 aliphatic rings. The lowest BCUT2D eigenvalue weighted by atomic mass is 10.0. The van der Waals surface area contributed by atoms with Crippen molar-refractivity contribution in [3.63, 3.8) is 0 Å². The third kappa shape index (κ3) is 6.63. The fourth-order valence-corrected chi connectivity index (χ4v) is 3.34. The van der Waals surface area contributed by atoms with Gasteiger partial charge in [0.05, 0.1) is 12.5 Å². The van der Waals surface area contributed by atoms with Crippen LogP contribution >= 0.6 is 15.9 Å². The van der Waals surface area contributed by atoms with E-state index in [-0.39, 0.29) is 12.3 Å². The first-order valence-electron chi connectivity index (χ1n) is 9.37. The monoisotopic (exact) mass is 467 g/mol. The molecule has 0 radical (unpaired) electrons. The summed E-state index contributed by atoms with van der Waals surface area (Å²) in [4.78, 5) is 23.9. The van der Waals surface area contributed by atoms with Gasteiger partial charge in [-0.1, -0.05) is 58.4 Å². The van der Waals surface area contributed by atoms with Gasteiger partial charge in [-0.15, -0.1) is 0 Å². The van der Waals surface area contributed by atoms with Crippen LogP contribution in [0.2, 0.25) is 0 Å². The highest BCUT2D eigenvalue weighted by Gasteiger charge is 2.18. The van der Waals surface area contributed by atoms with E-state index in [2.05, 4.69) is 26.6 Å². The Labute approximate surface area is 183 Å². The van der Waals surface area contributed by atoms with Crippen molar-refractivity contribution in [2.75, 3.05) is 5.32 Å². The maximum Gasteiger partial charge on any atom is 0.312 e. The Kier molecular flexibility index (Phi) is 7.45. The molecule has 7 heteroatoms. The first-order chi connectivity index (χ1) is 14.5. The molecule has 0 heterocycles. The van der Waals surface area contributed by atoms with Crippen molar-refractivity contribution in [2.45, 2.75) is 19.1 Å². The highest BCUT2D eigenvalue weighted by molar-refractivity contribution is 9.10. The average Bonchev–Trinajstić information content (AvgIpc) is 2.73. The molecule has 6 nitrogen and oxygen atoms in total. The van der Waals surface area contributed by atoms with Crippen LogP contribution in [0.4, 0.5) is 10.5 Å². The molecule has 0 saturated carbocycles. The number of anilines is 1. The van der Waals surface area contributed by atoms with Gasteiger partial charge in [0.25, 0.3) is 0 Å². The van der Waals surface area contributed by atoms with Gasteiger partial charge in [0.1, 0.15) is 12.4 Å². The molecule has 0 unspecified atom stereocenters. The third-order valence-electron chi connectivity index (χ3n) is 4.34. The molecule has 154 valence electrons. The first-order valence-corrected chi connectivity index (χ1v) is 10.2. The summed E-state index contributed by atoms with van der Waals surface area (Å²) in [6.07, 6.45) is 0.0473. The van der Waals surface area contributed by atoms with Gasteiger partial charge < -0.3 is 21.1 Å². The fourth-order valence-electron chi connectivity index (χ4n) is 2.92. The van der Waals surface area contributed by atoms with Crippen LogP contribution in [0.25, 0.3) is 0 Å². The van der Waals surface area contributed by atoms with Gasteiger partial charge in [0.2, 0.25) is 5.91 Å². The SMILES string of the molecule is NC(=O)N[C@H](CC(=O)Nc1ccc(OCc2ccccc2)cc1)c1cccc(Br)c1. The molecule has 0 aliphatic heterocycles. The highest BCUT2D eigenvalue weighted by atomic mass is 79.9. The van der Waals surface area contributed by atoms with Crippen LogP contribution in [0.1, 0.15) is 23.6 Å². The molecule has 0 fully saturated rings. The lowest BCUT2D eigenvalue weighted by molar-refractivity contribution is -0.116. The van der Waals surface area contributed by atoms with Gasteiger partial charge in [-0.3, -0.25) is 4.79 Å². The number of primary amides is 1. The fraction of sp³-hybridized carbons (Fsp3) is 0.130. The minimum atomic E-state index is -0.687. The Morgan fingerprint density at radius 2 is 1.70 bits per heavy atom. The van der Waals surface area contributed by atoms with Crippen molar-refractivity contribution in [2.24, 2.45) is 5.73 Å². The predicted molar refractivity (Wildman–Crippen MR) is 120 cm³/mol. The zero-order valence-corrected chi connectivity index (χ0v) is 17.8. The van der Waals surface area contributed by atoms with Crippen molar-refractivity contribution in [1.82, 2.24) is 5.32 Å². The normalized spacial score (nSPS) is 11.4. The van der Waals surface area contributed by atoms with Crippen LogP contribution in [-0.4, -0.2) is 11.9 Å². The second-order valence-electron chi connectivity index (χ2n) is 6.67. The highest BCUT2D eigenvalue weighted by Crippen LogP contribution is 2.22. The second kappa shape index (κ2) is 10.5. The van der Waals surface area contributed by atoms with Gasteiger partial charge in [-0.2, -0.15) is 0 Å². The molecular weight excluding hydrogens is 446 g/mol. The topological polar surface area (TPSA) is 93.5 Å². The van der Waals surface area contributed by atoms with Gasteiger partial charge in [0, 0.05) is 10.2 Å². The van der Waals surface area contributed by atoms with Crippen LogP contribution in [0, 0.1) is 0 Å². The molecular formula is C23H22BrN3O3. The number of urea groups is 1. The van der Waals surface area contributed by atoms with E-state index in [1.54, 1.807) is 24.3 Å². The van der Waals surface area contributed by atoms with Crippen LogP contribution in [0.3, 0.4) is 0 Å². The molecule has 1 atom stereocenters. The molecule has 0 spiro atoms. The summed E-state index contributed by atoms with van der Waals surface area (Å²) in [5.41, 5.74) is 7.77. The Bertz CT molecular complexity index is 994. The van der Waals surface area contributed by atoms with E-state index >= 15 is 0 Å². The summed E-state index contributed by atoms with van der Waals surface area (Å²) in [5.74, 6) is 0.464. The smallest absolute Gasteiger partial charge is 0.312 e. The van der Waals surface area contributed by atoms with Crippen LogP contribution in [0.5, 0.6) is 5.75 Å². The Morgan fingerprint density at radius 1 is 0.967 bits per heavy atom. The van der Waals surface area contributed by atoms with Crippen molar-refractivity contribution in [1.29, 1.82) is 0 Å². The minimum absolute atomic E-state index is 0.0473. The summed E-state index contributed by atoms with van der Waals surface area (Å²) >= 11 is 3.39. The molecule has 0 aliphatic carbocycles. The average molecular weight is 468 g/mol. The number of nitrogens with one attached hydrogen (secondary N) is 2. The van der Waals surface area contributed by atoms with E-state index in [0.29, 0.717) is 18.0 Å². The van der Waals surface area contributed by atoms with Crippen molar-refractivity contribution >= 4 is 33.6 Å². The van der Waals surface area contributed by atoms with Crippen molar-refractivity contribution < 1.29 is 14.3 Å². The summed E-state index contributed by atoms with van der Waals surface area (Å²) in [6, 6.07) is 23.2. The Hall–Kier alpha value is -3.32. The van der Waals surface area contributed by atoms with Crippen LogP contribution < -0.4 is 21.1 Å². The zero-order valence-electron chi connectivity index (χ0n) is 16.2. The number of nitrogens with two attached hydrogens (primary N) is 1. The summed E-state index contributed by atoms with van der Waals surface area (Å²) in [7, 11) is 0. The molecule has 3 rings (SSSR count). The number of rotatable bonds is 8. The number of benzene rings is 3. The molecule has 3 aromatic carbocycles. The molecule has 4 N–H and O–H groups in total. The Morgan fingerprint density at radius 3 is 2.37 bits per heavy atom. The van der Waals surface area contributed by atoms with Gasteiger partial charge in [0.15, 0.2) is 0 Å². The number of hydrogen-bond acceptors (Lipinski definition) is 3. The van der Waals surface area contributed by atoms with E-state index in [1.165, 1.54) is 0 Å². The number of ether oxygens (including phenoxy) is 1. The lowest BCUT2D eigenvalue weighted by Crippen LogP contribution is -2.35. The van der Waals surface area contributed by atoms with E-state index in [9.17, 15) is 9.59 Å². The quantitative estimate of drug-likeness (QED) is 0.445. The first kappa shape index (κ1) is 21.4. The van der Waals surface area contributed by atoms with E-state index in [4.69, 9.17) is 10.5 Å². The standard InChI is InChI=1S/C23H22BrN3O3/c24-18-8-4-7-17(13-18)21(27-23(25)29)14-22(28)26-19-9-11-20(12-10-19)30-15-16-5-2-1-3-6-16/h1-13,21H,14-15H2,(H,26,28)(H3,25,27,29)/t21-/m1/s1. The lowest BCUT2D eigenvalue weighted by Gasteiger charge is -2.18. The van der Waals surface area contributed by atoms with E-state index < -0.39 is 12.1 Å². The summed E-state index contributed by atoms with van der Waals surface area (Å²) in [6.45, 7) is 0.472. The molecule has 3 aromatic rings. The molecule has 30 heavy (non-hydrogen) atoms. The number of carbonyl (C=O) groups excluding carboxylic acids is 2. The maximum atomic E-state index is 12.5. The molecule has 0 bridgehead atoms. The van der Waals surface area contributed by atoms with Gasteiger partial charge >= 0.3 is 6.03 Å². The largest absolute Gasteiger partial charge is 0.489 e. The second-order valence-corrected chi connectivity index (χ2v) is 7.58. The van der Waals surface area contributed by atoms with Crippen molar-refractivity contribution in [3.8, 4) is 5.75 Å². The van der Waals surface area contributed by atoms with Gasteiger partial charge in [-0.05, 0) is 47.5 Å². The number of amides is 3. The Balaban J connectivity index is 1.58. The van der Waals surface area contributed by atoms with Crippen LogP contribution in [-0.2, 0) is 11.4 Å². The summed E-state index contributed by atoms with van der Waals surface area (Å²) < 4.78 is 6.60. The third-order valence-corrected chi connectivity index (χ3v) is 4.84. The molecule has 3 amide bonds. The van der Waals surface area contributed by atoms with Crippen LogP contribution in [0.15, 0.2) is 83.3 Å². The van der Waals surface area contributed by atoms with Crippen molar-refractivity contribution in [3.05, 3.63) is 94.5 Å².